The molecule has 1 atom stereocenters. The number of rotatable bonds is 7. The van der Waals surface area contributed by atoms with Crippen LogP contribution < -0.4 is 5.32 Å². The lowest BCUT2D eigenvalue weighted by atomic mass is 10.0. The van der Waals surface area contributed by atoms with Crippen molar-refractivity contribution >= 4 is 11.9 Å². The lowest BCUT2D eigenvalue weighted by molar-refractivity contribution is -0.143. The minimum absolute atomic E-state index is 0.155. The van der Waals surface area contributed by atoms with E-state index in [1.807, 2.05) is 36.5 Å². The third kappa shape index (κ3) is 4.67. The van der Waals surface area contributed by atoms with Gasteiger partial charge in [0.25, 0.3) is 0 Å². The Hall–Kier alpha value is -2.63. The first-order valence-corrected chi connectivity index (χ1v) is 7.58. The summed E-state index contributed by atoms with van der Waals surface area (Å²) in [7, 11) is 0. The Morgan fingerprint density at radius 3 is 2.57 bits per heavy atom. The monoisotopic (exact) mass is 315 g/mol. The highest BCUT2D eigenvalue weighted by Gasteiger charge is 2.23. The number of carboxylic acid groups (broad SMARTS) is 1. The molecule has 6 heteroatoms. The summed E-state index contributed by atoms with van der Waals surface area (Å²) in [6.07, 6.45) is 4.34. The number of hydrogen-bond donors (Lipinski definition) is 2. The highest BCUT2D eigenvalue weighted by molar-refractivity contribution is 5.83. The Bertz CT molecular complexity index is 665. The minimum atomic E-state index is -1.01. The highest BCUT2D eigenvalue weighted by atomic mass is 16.4. The zero-order valence-electron chi connectivity index (χ0n) is 13.3. The van der Waals surface area contributed by atoms with Gasteiger partial charge in [-0.2, -0.15) is 5.10 Å². The molecule has 0 aliphatic rings. The second-order valence-electron chi connectivity index (χ2n) is 5.76. The van der Waals surface area contributed by atoms with Crippen LogP contribution in [0.3, 0.4) is 0 Å². The summed E-state index contributed by atoms with van der Waals surface area (Å²) >= 11 is 0. The maximum absolute atomic E-state index is 11.9. The molecule has 0 spiro atoms. The number of carbonyl (C=O) groups excluding carboxylic acids is 1. The van der Waals surface area contributed by atoms with Gasteiger partial charge in [0, 0.05) is 12.6 Å². The first-order chi connectivity index (χ1) is 11.0. The number of para-hydroxylation sites is 1. The number of carbonyl (C=O) groups is 2. The van der Waals surface area contributed by atoms with E-state index in [9.17, 15) is 9.59 Å². The molecule has 0 aliphatic carbocycles. The van der Waals surface area contributed by atoms with Crippen molar-refractivity contribution in [1.82, 2.24) is 15.1 Å². The normalized spacial score (nSPS) is 12.1. The van der Waals surface area contributed by atoms with E-state index in [-0.39, 0.29) is 18.2 Å². The molecule has 0 aliphatic heterocycles. The molecule has 6 nitrogen and oxygen atoms in total. The van der Waals surface area contributed by atoms with Crippen molar-refractivity contribution in [3.8, 4) is 5.69 Å². The maximum Gasteiger partial charge on any atom is 0.326 e. The van der Waals surface area contributed by atoms with Crippen molar-refractivity contribution in [2.45, 2.75) is 32.7 Å². The van der Waals surface area contributed by atoms with Crippen molar-refractivity contribution in [1.29, 1.82) is 0 Å². The lowest BCUT2D eigenvalue weighted by Gasteiger charge is -2.17. The van der Waals surface area contributed by atoms with Crippen molar-refractivity contribution < 1.29 is 14.7 Å². The number of benzene rings is 1. The first-order valence-electron chi connectivity index (χ1n) is 7.58. The SMILES string of the molecule is CC(C)C(NC(=O)CCc1cnn(-c2ccccc2)c1)C(=O)O. The smallest absolute Gasteiger partial charge is 0.326 e. The molecule has 0 fully saturated rings. The van der Waals surface area contributed by atoms with Gasteiger partial charge in [0.1, 0.15) is 6.04 Å². The summed E-state index contributed by atoms with van der Waals surface area (Å²) in [5, 5.41) is 15.9. The molecule has 0 bridgehead atoms. The number of nitrogens with one attached hydrogen (secondary N) is 1. The average molecular weight is 315 g/mol. The van der Waals surface area contributed by atoms with Crippen LogP contribution in [0.1, 0.15) is 25.8 Å². The number of amides is 1. The standard InChI is InChI=1S/C17H21N3O3/c1-12(2)16(17(22)23)19-15(21)9-8-13-10-18-20(11-13)14-6-4-3-5-7-14/h3-7,10-12,16H,8-9H2,1-2H3,(H,19,21)(H,22,23). The Morgan fingerprint density at radius 1 is 1.26 bits per heavy atom. The zero-order valence-corrected chi connectivity index (χ0v) is 13.3. The van der Waals surface area contributed by atoms with E-state index in [1.165, 1.54) is 0 Å². The van der Waals surface area contributed by atoms with Crippen LogP contribution in [-0.2, 0) is 16.0 Å². The zero-order chi connectivity index (χ0) is 16.8. The molecule has 1 aromatic heterocycles. The van der Waals surface area contributed by atoms with Gasteiger partial charge >= 0.3 is 5.97 Å². The molecule has 2 N–H and O–H groups in total. The summed E-state index contributed by atoms with van der Waals surface area (Å²) in [5.41, 5.74) is 1.88. The van der Waals surface area contributed by atoms with E-state index in [4.69, 9.17) is 5.11 Å². The van der Waals surface area contributed by atoms with E-state index in [2.05, 4.69) is 10.4 Å². The Labute approximate surface area is 135 Å². The third-order valence-corrected chi connectivity index (χ3v) is 3.55. The molecule has 0 radical (unpaired) electrons. The number of carboxylic acids is 1. The fourth-order valence-electron chi connectivity index (χ4n) is 2.23. The van der Waals surface area contributed by atoms with Gasteiger partial charge in [-0.25, -0.2) is 9.48 Å². The summed E-state index contributed by atoms with van der Waals surface area (Å²) in [4.78, 5) is 23.0. The predicted octanol–water partition coefficient (Wildman–Crippen LogP) is 2.03. The lowest BCUT2D eigenvalue weighted by Crippen LogP contribution is -2.44. The van der Waals surface area contributed by atoms with Crippen LogP contribution in [0.15, 0.2) is 42.7 Å². The Kier molecular flexibility index (Phi) is 5.51. The fraction of sp³-hybridized carbons (Fsp3) is 0.353. The number of aromatic nitrogens is 2. The molecule has 0 saturated carbocycles. The van der Waals surface area contributed by atoms with Crippen molar-refractivity contribution in [2.24, 2.45) is 5.92 Å². The van der Waals surface area contributed by atoms with Crippen LogP contribution >= 0.6 is 0 Å². The van der Waals surface area contributed by atoms with Gasteiger partial charge in [-0.15, -0.1) is 0 Å². The number of aliphatic carboxylic acids is 1. The number of nitrogens with zero attached hydrogens (tertiary/aromatic N) is 2. The summed E-state index contributed by atoms with van der Waals surface area (Å²) in [6.45, 7) is 3.53. The van der Waals surface area contributed by atoms with Crippen molar-refractivity contribution in [2.75, 3.05) is 0 Å². The van der Waals surface area contributed by atoms with Gasteiger partial charge in [-0.1, -0.05) is 32.0 Å². The molecule has 1 heterocycles. The van der Waals surface area contributed by atoms with E-state index >= 15 is 0 Å². The van der Waals surface area contributed by atoms with E-state index in [0.717, 1.165) is 11.3 Å². The molecule has 23 heavy (non-hydrogen) atoms. The quantitative estimate of drug-likeness (QED) is 0.819. The molecule has 2 aromatic rings. The third-order valence-electron chi connectivity index (χ3n) is 3.55. The van der Waals surface area contributed by atoms with E-state index in [1.54, 1.807) is 24.7 Å². The van der Waals surface area contributed by atoms with Gasteiger partial charge in [-0.05, 0) is 30.0 Å². The van der Waals surface area contributed by atoms with Crippen molar-refractivity contribution in [3.05, 3.63) is 48.3 Å². The van der Waals surface area contributed by atoms with Crippen LogP contribution in [0.5, 0.6) is 0 Å². The number of aryl methyl sites for hydroxylation is 1. The van der Waals surface area contributed by atoms with Crippen LogP contribution in [0.25, 0.3) is 5.69 Å². The maximum atomic E-state index is 11.9. The minimum Gasteiger partial charge on any atom is -0.480 e. The van der Waals surface area contributed by atoms with Crippen LogP contribution in [-0.4, -0.2) is 32.8 Å². The number of hydrogen-bond acceptors (Lipinski definition) is 3. The van der Waals surface area contributed by atoms with Crippen LogP contribution in [0, 0.1) is 5.92 Å². The second kappa shape index (κ2) is 7.58. The van der Waals surface area contributed by atoms with Gasteiger partial charge in [-0.3, -0.25) is 4.79 Å². The molecule has 1 unspecified atom stereocenters. The average Bonchev–Trinajstić information content (AvgIpc) is 3.00. The van der Waals surface area contributed by atoms with Crippen LogP contribution in [0.2, 0.25) is 0 Å². The predicted molar refractivity (Wildman–Crippen MR) is 86.3 cm³/mol. The molecule has 122 valence electrons. The molecule has 1 amide bonds. The fourth-order valence-corrected chi connectivity index (χ4v) is 2.23. The molecule has 1 aromatic carbocycles. The Balaban J connectivity index is 1.90. The molecular weight excluding hydrogens is 294 g/mol. The summed E-state index contributed by atoms with van der Waals surface area (Å²) < 4.78 is 1.75. The van der Waals surface area contributed by atoms with E-state index in [0.29, 0.717) is 6.42 Å². The topological polar surface area (TPSA) is 84.2 Å². The summed E-state index contributed by atoms with van der Waals surface area (Å²) in [6, 6.07) is 8.85. The van der Waals surface area contributed by atoms with Gasteiger partial charge in [0.15, 0.2) is 0 Å². The largest absolute Gasteiger partial charge is 0.480 e. The second-order valence-corrected chi connectivity index (χ2v) is 5.76. The highest BCUT2D eigenvalue weighted by Crippen LogP contribution is 2.09. The first kappa shape index (κ1) is 16.7. The van der Waals surface area contributed by atoms with Gasteiger partial charge in [0.05, 0.1) is 11.9 Å². The molecule has 2 rings (SSSR count). The van der Waals surface area contributed by atoms with Gasteiger partial charge in [0.2, 0.25) is 5.91 Å². The Morgan fingerprint density at radius 2 is 1.96 bits per heavy atom. The molecule has 0 saturated heterocycles. The summed E-state index contributed by atoms with van der Waals surface area (Å²) in [5.74, 6) is -1.43. The van der Waals surface area contributed by atoms with Crippen LogP contribution in [0.4, 0.5) is 0 Å². The van der Waals surface area contributed by atoms with Crippen molar-refractivity contribution in [3.63, 3.8) is 0 Å². The van der Waals surface area contributed by atoms with Gasteiger partial charge < -0.3 is 10.4 Å². The molecular formula is C17H21N3O3. The van der Waals surface area contributed by atoms with E-state index < -0.39 is 12.0 Å².